The quantitative estimate of drug-likeness (QED) is 0.691. The lowest BCUT2D eigenvalue weighted by Gasteiger charge is -2.07. The summed E-state index contributed by atoms with van der Waals surface area (Å²) in [5, 5.41) is 11.9. The monoisotopic (exact) mass is 269 g/mol. The topological polar surface area (TPSA) is 92.6 Å². The fourth-order valence-corrected chi connectivity index (χ4v) is 2.43. The van der Waals surface area contributed by atoms with Gasteiger partial charge in [-0.25, -0.2) is 14.6 Å². The molecule has 0 aromatic carbocycles. The maximum absolute atomic E-state index is 11.9. The van der Waals surface area contributed by atoms with Gasteiger partial charge in [-0.3, -0.25) is 9.89 Å². The van der Waals surface area contributed by atoms with Crippen LogP contribution in [0.5, 0.6) is 0 Å². The van der Waals surface area contributed by atoms with Crippen molar-refractivity contribution in [1.29, 1.82) is 0 Å². The Morgan fingerprint density at radius 2 is 2.20 bits per heavy atom. The normalized spacial score (nSPS) is 14.3. The van der Waals surface area contributed by atoms with Crippen LogP contribution in [0.2, 0.25) is 0 Å². The molecular weight excluding hydrogens is 258 g/mol. The van der Waals surface area contributed by atoms with Crippen molar-refractivity contribution in [1.82, 2.24) is 34.8 Å². The minimum atomic E-state index is -0.0621. The summed E-state index contributed by atoms with van der Waals surface area (Å²) < 4.78 is 1.63. The van der Waals surface area contributed by atoms with Gasteiger partial charge in [0.05, 0.1) is 11.6 Å². The van der Waals surface area contributed by atoms with Crippen molar-refractivity contribution in [3.8, 4) is 5.82 Å². The van der Waals surface area contributed by atoms with Gasteiger partial charge >= 0.3 is 0 Å². The van der Waals surface area contributed by atoms with Gasteiger partial charge in [0.1, 0.15) is 5.82 Å². The highest BCUT2D eigenvalue weighted by molar-refractivity contribution is 5.96. The maximum Gasteiger partial charge on any atom is 0.274 e. The van der Waals surface area contributed by atoms with E-state index in [2.05, 4.69) is 25.3 Å². The second kappa shape index (κ2) is 3.62. The van der Waals surface area contributed by atoms with Crippen LogP contribution in [-0.2, 0) is 6.54 Å². The summed E-state index contributed by atoms with van der Waals surface area (Å²) in [6.45, 7) is 2.38. The van der Waals surface area contributed by atoms with E-state index in [1.165, 1.54) is 0 Å². The third-order valence-electron chi connectivity index (χ3n) is 3.37. The first-order valence-corrected chi connectivity index (χ1v) is 6.15. The Hall–Kier alpha value is -2.77. The van der Waals surface area contributed by atoms with Gasteiger partial charge in [-0.2, -0.15) is 10.2 Å². The van der Waals surface area contributed by atoms with E-state index in [1.807, 2.05) is 6.20 Å². The van der Waals surface area contributed by atoms with E-state index in [4.69, 9.17) is 0 Å². The van der Waals surface area contributed by atoms with E-state index >= 15 is 0 Å². The van der Waals surface area contributed by atoms with Crippen molar-refractivity contribution in [2.24, 2.45) is 0 Å². The Kier molecular flexibility index (Phi) is 2.01. The Balaban J connectivity index is 1.93. The highest BCUT2D eigenvalue weighted by Crippen LogP contribution is 2.23. The third-order valence-corrected chi connectivity index (χ3v) is 3.37. The molecule has 1 amide bonds. The Morgan fingerprint density at radius 1 is 1.35 bits per heavy atom. The van der Waals surface area contributed by atoms with Crippen LogP contribution < -0.4 is 0 Å². The van der Waals surface area contributed by atoms with Crippen LogP contribution in [0.3, 0.4) is 0 Å². The molecule has 0 saturated carbocycles. The number of hydrogen-bond acceptors (Lipinski definition) is 5. The number of H-pyrrole nitrogens is 1. The van der Waals surface area contributed by atoms with Gasteiger partial charge in [-0.1, -0.05) is 0 Å². The number of hydrogen-bond donors (Lipinski definition) is 1. The molecule has 8 nitrogen and oxygen atoms in total. The molecule has 0 aliphatic carbocycles. The molecule has 3 aromatic rings. The first kappa shape index (κ1) is 11.1. The third kappa shape index (κ3) is 1.38. The summed E-state index contributed by atoms with van der Waals surface area (Å²) in [7, 11) is 1.76. The van der Waals surface area contributed by atoms with Gasteiger partial charge < -0.3 is 4.90 Å². The molecule has 4 heterocycles. The molecule has 0 fully saturated rings. The zero-order valence-corrected chi connectivity index (χ0v) is 11.0. The number of aryl methyl sites for hydroxylation is 1. The minimum absolute atomic E-state index is 0.0621. The smallest absolute Gasteiger partial charge is 0.274 e. The summed E-state index contributed by atoms with van der Waals surface area (Å²) in [4.78, 5) is 22.2. The molecule has 0 unspecified atom stereocenters. The summed E-state index contributed by atoms with van der Waals surface area (Å²) in [5.41, 5.74) is 2.05. The molecule has 20 heavy (non-hydrogen) atoms. The van der Waals surface area contributed by atoms with Crippen molar-refractivity contribution in [2.75, 3.05) is 7.05 Å². The second-order valence-electron chi connectivity index (χ2n) is 4.84. The van der Waals surface area contributed by atoms with Crippen LogP contribution in [0.15, 0.2) is 12.4 Å². The van der Waals surface area contributed by atoms with E-state index in [0.717, 1.165) is 10.9 Å². The minimum Gasteiger partial charge on any atom is -0.336 e. The van der Waals surface area contributed by atoms with E-state index in [-0.39, 0.29) is 5.91 Å². The first-order chi connectivity index (χ1) is 9.63. The van der Waals surface area contributed by atoms with E-state index in [0.29, 0.717) is 29.5 Å². The van der Waals surface area contributed by atoms with Crippen LogP contribution in [0.25, 0.3) is 16.9 Å². The number of aromatic amines is 1. The van der Waals surface area contributed by atoms with Crippen molar-refractivity contribution < 1.29 is 4.79 Å². The predicted molar refractivity (Wildman–Crippen MR) is 69.3 cm³/mol. The van der Waals surface area contributed by atoms with Crippen LogP contribution in [0, 0.1) is 6.92 Å². The van der Waals surface area contributed by atoms with Crippen LogP contribution in [-0.4, -0.2) is 47.8 Å². The Labute approximate surface area is 113 Å². The molecule has 4 rings (SSSR count). The molecule has 8 heteroatoms. The number of carbonyl (C=O) groups is 1. The summed E-state index contributed by atoms with van der Waals surface area (Å²) >= 11 is 0. The number of fused-ring (bicyclic) bond motifs is 2. The fourth-order valence-electron chi connectivity index (χ4n) is 2.43. The lowest BCUT2D eigenvalue weighted by molar-refractivity contribution is 0.0810. The second-order valence-corrected chi connectivity index (χ2v) is 4.84. The number of carbonyl (C=O) groups excluding carboxylic acids is 1. The molecule has 0 spiro atoms. The molecule has 100 valence electrons. The van der Waals surface area contributed by atoms with Crippen LogP contribution in [0.4, 0.5) is 0 Å². The van der Waals surface area contributed by atoms with E-state index < -0.39 is 0 Å². The largest absolute Gasteiger partial charge is 0.336 e. The van der Waals surface area contributed by atoms with Crippen molar-refractivity contribution in [3.05, 3.63) is 29.5 Å². The standard InChI is InChI=1S/C12H11N7O/c1-6-14-10-8(3-13-16-10)11(15-6)19-5-7-4-18(2)12(20)9(7)17-19/h3,5H,4H2,1-2H3,(H,13,14,15,16). The Morgan fingerprint density at radius 3 is 3.00 bits per heavy atom. The Bertz CT molecular complexity index is 847. The van der Waals surface area contributed by atoms with E-state index in [1.54, 1.807) is 29.7 Å². The zero-order chi connectivity index (χ0) is 13.9. The molecule has 0 saturated heterocycles. The van der Waals surface area contributed by atoms with Crippen molar-refractivity contribution in [2.45, 2.75) is 13.5 Å². The fraction of sp³-hybridized carbons (Fsp3) is 0.250. The number of amides is 1. The van der Waals surface area contributed by atoms with Crippen LogP contribution in [0.1, 0.15) is 21.9 Å². The molecule has 0 bridgehead atoms. The van der Waals surface area contributed by atoms with Crippen molar-refractivity contribution in [3.63, 3.8) is 0 Å². The molecule has 1 aliphatic rings. The lowest BCUT2D eigenvalue weighted by atomic mass is 10.3. The van der Waals surface area contributed by atoms with Crippen LogP contribution >= 0.6 is 0 Å². The lowest BCUT2D eigenvalue weighted by Crippen LogP contribution is -2.19. The van der Waals surface area contributed by atoms with Gasteiger partial charge in [0.2, 0.25) is 0 Å². The number of aromatic nitrogens is 6. The SMILES string of the molecule is Cc1nc(-n2cc3c(n2)C(=O)N(C)C3)c2cn[nH]c2n1. The molecular formula is C12H11N7O. The molecule has 3 aromatic heterocycles. The highest BCUT2D eigenvalue weighted by Gasteiger charge is 2.29. The highest BCUT2D eigenvalue weighted by atomic mass is 16.2. The maximum atomic E-state index is 11.9. The van der Waals surface area contributed by atoms with Gasteiger partial charge in [-0.15, -0.1) is 0 Å². The number of nitrogens with one attached hydrogen (secondary N) is 1. The predicted octanol–water partition coefficient (Wildman–Crippen LogP) is 0.433. The van der Waals surface area contributed by atoms with E-state index in [9.17, 15) is 4.79 Å². The average Bonchev–Trinajstić information content (AvgIpc) is 3.07. The van der Waals surface area contributed by atoms with Gasteiger partial charge in [0, 0.05) is 25.4 Å². The summed E-state index contributed by atoms with van der Waals surface area (Å²) in [5.74, 6) is 1.19. The van der Waals surface area contributed by atoms with Gasteiger partial charge in [0.25, 0.3) is 5.91 Å². The number of rotatable bonds is 1. The molecule has 1 aliphatic heterocycles. The summed E-state index contributed by atoms with van der Waals surface area (Å²) in [6.07, 6.45) is 3.50. The van der Waals surface area contributed by atoms with Crippen molar-refractivity contribution >= 4 is 16.9 Å². The molecule has 0 radical (unpaired) electrons. The van der Waals surface area contributed by atoms with Gasteiger partial charge in [-0.05, 0) is 6.92 Å². The molecule has 0 atom stereocenters. The summed E-state index contributed by atoms with van der Waals surface area (Å²) in [6, 6.07) is 0. The average molecular weight is 269 g/mol. The molecule has 1 N–H and O–H groups in total. The zero-order valence-electron chi connectivity index (χ0n) is 11.0. The van der Waals surface area contributed by atoms with Gasteiger partial charge in [0.15, 0.2) is 17.2 Å². The first-order valence-electron chi connectivity index (χ1n) is 6.15. The number of nitrogens with zero attached hydrogens (tertiary/aromatic N) is 6.